The molecule has 2 aromatic rings. The number of rotatable bonds is 5. The van der Waals surface area contributed by atoms with Gasteiger partial charge < -0.3 is 16.2 Å². The summed E-state index contributed by atoms with van der Waals surface area (Å²) in [6.07, 6.45) is 0.861. The fraction of sp³-hybridized carbons (Fsp3) is 0.188. The third-order valence-electron chi connectivity index (χ3n) is 3.28. The number of nitrogens with two attached hydrogens (primary N) is 1. The van der Waals surface area contributed by atoms with Crippen molar-refractivity contribution in [1.82, 2.24) is 0 Å². The Hall–Kier alpha value is -2.20. The van der Waals surface area contributed by atoms with Crippen LogP contribution in [0.15, 0.2) is 42.5 Å². The lowest BCUT2D eigenvalue weighted by Gasteiger charge is -2.19. The fourth-order valence-corrected chi connectivity index (χ4v) is 2.41. The highest BCUT2D eigenvalue weighted by molar-refractivity contribution is 6.34. The molecule has 4 N–H and O–H groups in total. The van der Waals surface area contributed by atoms with Crippen molar-refractivity contribution >= 4 is 23.2 Å². The number of phenols is 1. The number of hydrogen-bond acceptors (Lipinski definition) is 3. The van der Waals surface area contributed by atoms with Crippen molar-refractivity contribution in [1.29, 1.82) is 0 Å². The monoisotopic (exact) mass is 304 g/mol. The lowest BCUT2D eigenvalue weighted by Crippen LogP contribution is -2.13. The number of carbonyl (C=O) groups excluding carboxylic acids is 1. The maximum absolute atomic E-state index is 11.2. The first-order valence-corrected chi connectivity index (χ1v) is 7.04. The van der Waals surface area contributed by atoms with Gasteiger partial charge in [0.2, 0.25) is 5.91 Å². The molecule has 4 nitrogen and oxygen atoms in total. The Kier molecular flexibility index (Phi) is 4.70. The average Bonchev–Trinajstić information content (AvgIpc) is 2.45. The van der Waals surface area contributed by atoms with E-state index in [9.17, 15) is 9.90 Å². The number of primary amides is 1. The molecule has 21 heavy (non-hydrogen) atoms. The van der Waals surface area contributed by atoms with E-state index in [2.05, 4.69) is 12.2 Å². The summed E-state index contributed by atoms with van der Waals surface area (Å²) in [5.41, 5.74) is 7.41. The van der Waals surface area contributed by atoms with Gasteiger partial charge in [-0.05, 0) is 42.3 Å². The first kappa shape index (κ1) is 15.2. The minimum absolute atomic E-state index is 0.0843. The first-order chi connectivity index (χ1) is 10.0. The van der Waals surface area contributed by atoms with Crippen molar-refractivity contribution in [2.45, 2.75) is 19.4 Å². The smallest absolute Gasteiger partial charge is 0.250 e. The zero-order valence-electron chi connectivity index (χ0n) is 11.6. The van der Waals surface area contributed by atoms with Gasteiger partial charge in [-0.1, -0.05) is 30.7 Å². The molecule has 0 aliphatic rings. The number of benzene rings is 2. The second-order valence-corrected chi connectivity index (χ2v) is 5.16. The van der Waals surface area contributed by atoms with Gasteiger partial charge >= 0.3 is 0 Å². The van der Waals surface area contributed by atoms with Crippen LogP contribution < -0.4 is 11.1 Å². The van der Waals surface area contributed by atoms with Crippen molar-refractivity contribution in [3.63, 3.8) is 0 Å². The Morgan fingerprint density at radius 1 is 1.29 bits per heavy atom. The van der Waals surface area contributed by atoms with Gasteiger partial charge in [-0.25, -0.2) is 0 Å². The van der Waals surface area contributed by atoms with Gasteiger partial charge in [0.25, 0.3) is 0 Å². The van der Waals surface area contributed by atoms with Crippen LogP contribution in [0, 0.1) is 0 Å². The topological polar surface area (TPSA) is 75.3 Å². The zero-order valence-corrected chi connectivity index (χ0v) is 12.4. The van der Waals surface area contributed by atoms with Gasteiger partial charge in [-0.15, -0.1) is 0 Å². The molecule has 2 rings (SSSR count). The van der Waals surface area contributed by atoms with E-state index in [0.717, 1.165) is 17.7 Å². The van der Waals surface area contributed by atoms with Crippen LogP contribution in [0.4, 0.5) is 5.69 Å². The summed E-state index contributed by atoms with van der Waals surface area (Å²) in [5, 5.41) is 13.0. The number of aromatic hydroxyl groups is 1. The lowest BCUT2D eigenvalue weighted by molar-refractivity contribution is 0.100. The molecule has 0 bridgehead atoms. The maximum Gasteiger partial charge on any atom is 0.250 e. The lowest BCUT2D eigenvalue weighted by atomic mass is 10.0. The van der Waals surface area contributed by atoms with Crippen LogP contribution in [-0.4, -0.2) is 11.0 Å². The van der Waals surface area contributed by atoms with Crippen LogP contribution in [0.2, 0.25) is 5.02 Å². The molecule has 0 spiro atoms. The van der Waals surface area contributed by atoms with Crippen LogP contribution >= 0.6 is 11.6 Å². The van der Waals surface area contributed by atoms with Gasteiger partial charge in [-0.3, -0.25) is 4.79 Å². The van der Waals surface area contributed by atoms with Crippen molar-refractivity contribution in [2.24, 2.45) is 5.73 Å². The highest BCUT2D eigenvalue weighted by atomic mass is 35.5. The number of nitrogens with one attached hydrogen (secondary N) is 1. The molecule has 0 radical (unpaired) electrons. The van der Waals surface area contributed by atoms with E-state index in [1.54, 1.807) is 30.3 Å². The molecular weight excluding hydrogens is 288 g/mol. The minimum Gasteiger partial charge on any atom is -0.508 e. The molecule has 0 fully saturated rings. The molecule has 2 aromatic carbocycles. The molecule has 110 valence electrons. The van der Waals surface area contributed by atoms with E-state index in [1.807, 2.05) is 12.1 Å². The number of hydrogen-bond donors (Lipinski definition) is 3. The molecule has 0 saturated heterocycles. The molecule has 0 aromatic heterocycles. The summed E-state index contributed by atoms with van der Waals surface area (Å²) < 4.78 is 0. The Labute approximate surface area is 128 Å². The summed E-state index contributed by atoms with van der Waals surface area (Å²) in [5.74, 6) is -0.306. The molecule has 1 amide bonds. The predicted octanol–water partition coefficient (Wildman–Crippen LogP) is 3.71. The second-order valence-electron chi connectivity index (χ2n) is 4.76. The quantitative estimate of drug-likeness (QED) is 0.788. The van der Waals surface area contributed by atoms with E-state index in [4.69, 9.17) is 17.3 Å². The number of carbonyl (C=O) groups is 1. The molecule has 0 heterocycles. The minimum atomic E-state index is -0.544. The second kappa shape index (κ2) is 6.50. The standard InChI is InChI=1S/C16H17ClN2O2/c1-2-15(10-3-6-12(20)7-4-10)19-11-5-8-13(16(18)21)14(17)9-11/h3-9,15,19-20H,2H2,1H3,(H2,18,21). The Bertz CT molecular complexity index is 641. The third-order valence-corrected chi connectivity index (χ3v) is 3.59. The Balaban J connectivity index is 2.20. The van der Waals surface area contributed by atoms with Gasteiger partial charge in [0.15, 0.2) is 0 Å². The van der Waals surface area contributed by atoms with Crippen molar-refractivity contribution < 1.29 is 9.90 Å². The highest BCUT2D eigenvalue weighted by Crippen LogP contribution is 2.27. The van der Waals surface area contributed by atoms with Gasteiger partial charge in [0, 0.05) is 5.69 Å². The number of halogens is 1. The summed E-state index contributed by atoms with van der Waals surface area (Å²) >= 11 is 6.04. The SMILES string of the molecule is CCC(Nc1ccc(C(N)=O)c(Cl)c1)c1ccc(O)cc1. The molecule has 0 aliphatic carbocycles. The van der Waals surface area contributed by atoms with Gasteiger partial charge in [0.05, 0.1) is 16.6 Å². The predicted molar refractivity (Wildman–Crippen MR) is 84.7 cm³/mol. The average molecular weight is 305 g/mol. The van der Waals surface area contributed by atoms with E-state index >= 15 is 0 Å². The van der Waals surface area contributed by atoms with Crippen molar-refractivity contribution in [3.05, 3.63) is 58.6 Å². The maximum atomic E-state index is 11.2. The Morgan fingerprint density at radius 2 is 1.95 bits per heavy atom. The molecular formula is C16H17ClN2O2. The highest BCUT2D eigenvalue weighted by Gasteiger charge is 2.11. The van der Waals surface area contributed by atoms with Crippen LogP contribution in [0.1, 0.15) is 35.3 Å². The van der Waals surface area contributed by atoms with Crippen molar-refractivity contribution in [2.75, 3.05) is 5.32 Å². The third kappa shape index (κ3) is 3.67. The van der Waals surface area contributed by atoms with Gasteiger partial charge in [0.1, 0.15) is 5.75 Å². The zero-order chi connectivity index (χ0) is 15.4. The van der Waals surface area contributed by atoms with Crippen LogP contribution in [0.5, 0.6) is 5.75 Å². The molecule has 1 atom stereocenters. The molecule has 0 aliphatic heterocycles. The van der Waals surface area contributed by atoms with E-state index in [0.29, 0.717) is 10.6 Å². The number of amides is 1. The number of anilines is 1. The molecule has 0 saturated carbocycles. The van der Waals surface area contributed by atoms with Crippen LogP contribution in [-0.2, 0) is 0 Å². The normalized spacial score (nSPS) is 11.9. The van der Waals surface area contributed by atoms with E-state index in [1.165, 1.54) is 0 Å². The van der Waals surface area contributed by atoms with Crippen molar-refractivity contribution in [3.8, 4) is 5.75 Å². The van der Waals surface area contributed by atoms with Gasteiger partial charge in [-0.2, -0.15) is 0 Å². The fourth-order valence-electron chi connectivity index (χ4n) is 2.13. The number of phenolic OH excluding ortho intramolecular Hbond substituents is 1. The van der Waals surface area contributed by atoms with Crippen LogP contribution in [0.25, 0.3) is 0 Å². The Morgan fingerprint density at radius 3 is 2.48 bits per heavy atom. The van der Waals surface area contributed by atoms with Crippen LogP contribution in [0.3, 0.4) is 0 Å². The summed E-state index contributed by atoms with van der Waals surface area (Å²) in [6.45, 7) is 2.06. The largest absolute Gasteiger partial charge is 0.508 e. The first-order valence-electron chi connectivity index (χ1n) is 6.66. The summed E-state index contributed by atoms with van der Waals surface area (Å²) in [6, 6.07) is 12.2. The molecule has 5 heteroatoms. The summed E-state index contributed by atoms with van der Waals surface area (Å²) in [7, 11) is 0. The summed E-state index contributed by atoms with van der Waals surface area (Å²) in [4.78, 5) is 11.2. The van der Waals surface area contributed by atoms with E-state index in [-0.39, 0.29) is 11.8 Å². The molecule has 1 unspecified atom stereocenters. The van der Waals surface area contributed by atoms with E-state index < -0.39 is 5.91 Å².